The first-order valence-corrected chi connectivity index (χ1v) is 48.2. The van der Waals surface area contributed by atoms with Gasteiger partial charge in [-0.05, 0) is 172 Å². The molecule has 12 aromatic rings. The lowest BCUT2D eigenvalue weighted by Gasteiger charge is -2.47. The second-order valence-corrected chi connectivity index (χ2v) is 39.2. The summed E-state index contributed by atoms with van der Waals surface area (Å²) < 4.78 is 104. The number of aryl methyl sites for hydroxylation is 4. The molecule has 1 spiro atoms. The molecule has 4 aromatic carbocycles. The van der Waals surface area contributed by atoms with Crippen LogP contribution < -0.4 is 52.5 Å². The molecule has 40 heteroatoms. The van der Waals surface area contributed by atoms with Crippen molar-refractivity contribution < 1.29 is 75.4 Å². The number of aromatic nitrogens is 12. The van der Waals surface area contributed by atoms with Crippen LogP contribution in [0.2, 0.25) is 20.1 Å². The number of anilines is 4. The zero-order chi connectivity index (χ0) is 101. The normalized spacial score (nSPS) is 18.3. The van der Waals surface area contributed by atoms with E-state index in [2.05, 4.69) is 35.6 Å². The Kier molecular flexibility index (Phi) is 31.8. The summed E-state index contributed by atoms with van der Waals surface area (Å²) in [6, 6.07) is 5.64. The van der Waals surface area contributed by atoms with Crippen LogP contribution in [0.1, 0.15) is 281 Å². The smallest absolute Gasteiger partial charge is 0.260 e. The Morgan fingerprint density at radius 3 is 1.04 bits per heavy atom. The number of halogens is 8. The average molecular weight is 2000 g/mol. The summed E-state index contributed by atoms with van der Waals surface area (Å²) >= 11 is 25.3. The van der Waals surface area contributed by atoms with Crippen molar-refractivity contribution in [2.24, 2.45) is 5.41 Å². The van der Waals surface area contributed by atoms with Crippen LogP contribution in [0.3, 0.4) is 0 Å². The van der Waals surface area contributed by atoms with Gasteiger partial charge >= 0.3 is 0 Å². The molecular weight excluding hydrogens is 1880 g/mol. The number of nitrogens with zero attached hydrogens (tertiary/aromatic N) is 14. The summed E-state index contributed by atoms with van der Waals surface area (Å²) in [6.07, 6.45) is 17.8. The lowest BCUT2D eigenvalue weighted by molar-refractivity contribution is -0.136. The van der Waals surface area contributed by atoms with Crippen molar-refractivity contribution in [1.29, 1.82) is 0 Å². The number of carbonyl (C=O) groups is 4. The topological polar surface area (TPSA) is 420 Å². The molecule has 5 unspecified atom stereocenters. The van der Waals surface area contributed by atoms with Crippen LogP contribution in [-0.2, 0) is 9.47 Å². The Hall–Kier alpha value is -11.6. The second kappa shape index (κ2) is 42.8. The third kappa shape index (κ3) is 21.4. The SMILES string of the molecule is COC1CCCN(C(=O)c2c(F)c(Cl)cc(C(C)c3nc(C)c4c(N)nccn34)c2OC(C)C)C1.Cc1nc(C(C)c2cc(Cl)c(F)c(C(=O)N3CCC4(CC3)COC4)c2OC(C)C)n2ccnc(N)c12.Cc1nc(C(C)c2cc(Cl)c(F)c(C(=O)NC3CC(O)C3)c2OC(C)C)n2ccnc(N)c12.Cc1nc(C(C)c2cc(Cl)c(F)c(C(=O)NC3CCC(O)CC3)c2OC(C)C)n2ccnc(N)c12. The molecule has 0 bridgehead atoms. The first-order chi connectivity index (χ1) is 65.9. The molecule has 744 valence electrons. The summed E-state index contributed by atoms with van der Waals surface area (Å²) in [5.74, 6) is -2.31. The van der Waals surface area contributed by atoms with Gasteiger partial charge in [-0.2, -0.15) is 0 Å². The van der Waals surface area contributed by atoms with Gasteiger partial charge in [0.15, 0.2) is 23.3 Å². The molecule has 32 nitrogen and oxygen atoms in total. The van der Waals surface area contributed by atoms with E-state index < -0.39 is 70.8 Å². The van der Waals surface area contributed by atoms with Gasteiger partial charge in [0.1, 0.15) is 114 Å². The number of hydrogen-bond donors (Lipinski definition) is 8. The maximum absolute atomic E-state index is 15.6. The van der Waals surface area contributed by atoms with Crippen molar-refractivity contribution in [3.05, 3.63) is 208 Å². The summed E-state index contributed by atoms with van der Waals surface area (Å²) in [5.41, 5.74) is 31.5. The number of piperidine rings is 2. The maximum Gasteiger partial charge on any atom is 0.260 e. The predicted molar refractivity (Wildman–Crippen MR) is 524 cm³/mol. The third-order valence-corrected chi connectivity index (χ3v) is 27.2. The van der Waals surface area contributed by atoms with E-state index in [0.29, 0.717) is 173 Å². The van der Waals surface area contributed by atoms with Crippen LogP contribution in [0.25, 0.3) is 22.1 Å². The molecule has 5 fully saturated rings. The number of carbonyl (C=O) groups excluding carboxylic acids is 4. The molecule has 0 radical (unpaired) electrons. The molecule has 2 saturated carbocycles. The minimum atomic E-state index is -0.849. The number of benzene rings is 4. The van der Waals surface area contributed by atoms with Crippen molar-refractivity contribution in [3.8, 4) is 23.0 Å². The number of hydrogen-bond acceptors (Lipinski definition) is 24. The van der Waals surface area contributed by atoms with Gasteiger partial charge in [-0.3, -0.25) is 36.8 Å². The molecule has 2 aliphatic carbocycles. The number of methoxy groups -OCH3 is 1. The summed E-state index contributed by atoms with van der Waals surface area (Å²) in [4.78, 5) is 92.6. The maximum atomic E-state index is 15.6. The Labute approximate surface area is 822 Å². The van der Waals surface area contributed by atoms with Gasteiger partial charge in [-0.25, -0.2) is 57.4 Å². The fourth-order valence-electron chi connectivity index (χ4n) is 18.8. The van der Waals surface area contributed by atoms with E-state index in [1.54, 1.807) is 80.3 Å². The largest absolute Gasteiger partial charge is 0.490 e. The molecule has 4 amide bonds. The van der Waals surface area contributed by atoms with E-state index in [1.807, 2.05) is 115 Å². The van der Waals surface area contributed by atoms with Crippen LogP contribution in [-0.4, -0.2) is 202 Å². The fraction of sp³-hybridized carbons (Fsp3) is 0.475. The lowest BCUT2D eigenvalue weighted by atomic mass is 9.76. The van der Waals surface area contributed by atoms with Gasteiger partial charge in [0.2, 0.25) is 0 Å². The molecule has 17 rings (SSSR count). The highest BCUT2D eigenvalue weighted by atomic mass is 35.5. The van der Waals surface area contributed by atoms with E-state index in [1.165, 1.54) is 24.3 Å². The molecule has 12 N–H and O–H groups in total. The highest BCUT2D eigenvalue weighted by molar-refractivity contribution is 6.32. The van der Waals surface area contributed by atoms with Crippen molar-refractivity contribution in [2.45, 2.75) is 253 Å². The summed E-state index contributed by atoms with van der Waals surface area (Å²) in [5, 5.41) is 24.3. The minimum absolute atomic E-state index is 0.0962. The van der Waals surface area contributed by atoms with Crippen molar-refractivity contribution in [3.63, 3.8) is 0 Å². The number of nitrogens with two attached hydrogens (primary N) is 4. The highest BCUT2D eigenvalue weighted by Crippen LogP contribution is 2.48. The van der Waals surface area contributed by atoms with Crippen LogP contribution in [0.4, 0.5) is 40.8 Å². The van der Waals surface area contributed by atoms with Crippen LogP contribution >= 0.6 is 46.4 Å². The Morgan fingerprint density at radius 2 is 0.741 bits per heavy atom. The highest BCUT2D eigenvalue weighted by Gasteiger charge is 2.45. The monoisotopic (exact) mass is 2000 g/mol. The fourth-order valence-corrected chi connectivity index (χ4v) is 19.7. The quantitative estimate of drug-likeness (QED) is 0.0276. The number of aliphatic hydroxyl groups is 2. The lowest BCUT2D eigenvalue weighted by Crippen LogP contribution is -2.52. The number of nitrogen functional groups attached to an aromatic ring is 4. The minimum Gasteiger partial charge on any atom is -0.490 e. The Balaban J connectivity index is 0.000000148. The van der Waals surface area contributed by atoms with Gasteiger partial charge in [-0.15, -0.1) is 0 Å². The first-order valence-electron chi connectivity index (χ1n) is 46.7. The van der Waals surface area contributed by atoms with Gasteiger partial charge in [0.05, 0.1) is 98.8 Å². The second-order valence-electron chi connectivity index (χ2n) is 37.6. The molecule has 5 atom stereocenters. The van der Waals surface area contributed by atoms with Gasteiger partial charge in [0.25, 0.3) is 23.6 Å². The van der Waals surface area contributed by atoms with Crippen LogP contribution in [0.15, 0.2) is 73.8 Å². The molecule has 3 aliphatic heterocycles. The molecule has 139 heavy (non-hydrogen) atoms. The Morgan fingerprint density at radius 1 is 0.439 bits per heavy atom. The zero-order valence-corrected chi connectivity index (χ0v) is 83.8. The number of imidazole rings is 4. The Bertz CT molecular complexity index is 6630. The number of ether oxygens (including phenoxy) is 6. The first kappa shape index (κ1) is 103. The van der Waals surface area contributed by atoms with Crippen LogP contribution in [0, 0.1) is 56.4 Å². The van der Waals surface area contributed by atoms with E-state index in [4.69, 9.17) is 113 Å². The van der Waals surface area contributed by atoms with Crippen molar-refractivity contribution in [2.75, 3.05) is 69.4 Å². The number of aliphatic hydroxyl groups excluding tert-OH is 2. The van der Waals surface area contributed by atoms with Crippen molar-refractivity contribution in [1.82, 2.24) is 77.9 Å². The number of nitrogens with one attached hydrogen (secondary N) is 2. The van der Waals surface area contributed by atoms with Gasteiger partial charge < -0.3 is 82.0 Å². The van der Waals surface area contributed by atoms with E-state index in [0.717, 1.165) is 44.6 Å². The molecule has 5 aliphatic rings. The standard InChI is InChI=1S/C26H31ClFN5O3.2C25H31ClFN5O3.C23H27ClFN5O3/c1-14(2)36-22-17(15(3)24-31-16(4)21-23(29)30-7-10-33(21)24)11-18(27)20(28)19(22)25(34)32-8-5-26(6-9-32)12-35-13-26;1-13(2)35-22-17(14(3)24-30-15(4)21-23(28)29-8-10-32(21)24)11-18(26)20(27)19(22)25(33)31-9-6-7-16(12-31)34-5;1-12(2)35-22-17(13(3)24-30-14(4)21-23(28)29-9-10-32(21)24)11-18(26)20(27)19(22)25(34)31-15-5-7-16(33)8-6-15;1-10(2)33-20-15(11(3)22-28-12(4)19-21(26)27-5-6-30(19)22)9-16(24)18(25)17(20)23(32)29-13-7-14(31)8-13/h7,10-11,14-15H,5-6,8-9,12-13H2,1-4H3,(H2,29,30);8,10-11,13-14,16H,6-7,9,12H2,1-5H3,(H2,28,29);9-13,15-16,33H,5-8H2,1-4H3,(H2,28,29)(H,31,34);5-6,9-11,13-14,31H,7-8H2,1-4H3,(H2,26,27)(H,29,32). The van der Waals surface area contributed by atoms with Gasteiger partial charge in [0, 0.05) is 146 Å². The molecule has 3 saturated heterocycles. The number of amides is 4. The average Bonchev–Trinajstić information content (AvgIpc) is 1.73. The van der Waals surface area contributed by atoms with E-state index >= 15 is 17.6 Å². The number of fused-ring (bicyclic) bond motifs is 4. The molecule has 11 heterocycles. The molecular formula is C99H120Cl4F4N20O12. The van der Waals surface area contributed by atoms with E-state index in [9.17, 15) is 29.4 Å². The third-order valence-electron chi connectivity index (χ3n) is 26.1. The van der Waals surface area contributed by atoms with Crippen LogP contribution in [0.5, 0.6) is 23.0 Å². The predicted octanol–water partition coefficient (Wildman–Crippen LogP) is 17.2. The summed E-state index contributed by atoms with van der Waals surface area (Å²) in [7, 11) is 1.62. The number of likely N-dealkylation sites (tertiary alicyclic amines) is 2. The number of rotatable bonds is 23. The van der Waals surface area contributed by atoms with Crippen molar-refractivity contribution >= 4 is 115 Å². The van der Waals surface area contributed by atoms with E-state index in [-0.39, 0.29) is 125 Å². The zero-order valence-electron chi connectivity index (χ0n) is 80.8. The molecule has 8 aromatic heterocycles. The summed E-state index contributed by atoms with van der Waals surface area (Å²) in [6.45, 7) is 33.0. The van der Waals surface area contributed by atoms with Gasteiger partial charge in [-0.1, -0.05) is 74.1 Å².